The van der Waals surface area contributed by atoms with Crippen LogP contribution in [0.3, 0.4) is 0 Å². The summed E-state index contributed by atoms with van der Waals surface area (Å²) in [4.78, 5) is 29.1. The topological polar surface area (TPSA) is 40.6 Å². The van der Waals surface area contributed by atoms with Crippen molar-refractivity contribution in [1.29, 1.82) is 0 Å². The zero-order valence-electron chi connectivity index (χ0n) is 16.8. The van der Waals surface area contributed by atoms with Gasteiger partial charge in [-0.25, -0.2) is 8.78 Å². The second-order valence-electron chi connectivity index (χ2n) is 7.74. The number of carbonyl (C=O) groups excluding carboxylic acids is 2. The molecular weight excluding hydrogens is 374 g/mol. The van der Waals surface area contributed by atoms with Crippen molar-refractivity contribution in [3.8, 4) is 0 Å². The third-order valence-corrected chi connectivity index (χ3v) is 5.40. The minimum atomic E-state index is -0.859. The first-order valence-corrected chi connectivity index (χ1v) is 9.95. The molecule has 2 aromatic rings. The molecule has 2 amide bonds. The Morgan fingerprint density at radius 3 is 2.31 bits per heavy atom. The van der Waals surface area contributed by atoms with Gasteiger partial charge in [0.25, 0.3) is 5.91 Å². The largest absolute Gasteiger partial charge is 0.339 e. The normalized spacial score (nSPS) is 14.9. The minimum Gasteiger partial charge on any atom is -0.339 e. The van der Waals surface area contributed by atoms with Crippen molar-refractivity contribution in [1.82, 2.24) is 9.80 Å². The Bertz CT molecular complexity index is 862. The monoisotopic (exact) mass is 400 g/mol. The van der Waals surface area contributed by atoms with Gasteiger partial charge in [-0.15, -0.1) is 0 Å². The summed E-state index contributed by atoms with van der Waals surface area (Å²) >= 11 is 0. The van der Waals surface area contributed by atoms with Gasteiger partial charge in [0.15, 0.2) is 0 Å². The fraction of sp³-hybridized carbons (Fsp3) is 0.391. The van der Waals surface area contributed by atoms with E-state index in [9.17, 15) is 18.4 Å². The molecule has 154 valence electrons. The van der Waals surface area contributed by atoms with Crippen molar-refractivity contribution >= 4 is 11.8 Å². The van der Waals surface area contributed by atoms with Crippen LogP contribution in [0.1, 0.15) is 42.6 Å². The molecule has 0 aliphatic carbocycles. The van der Waals surface area contributed by atoms with Crippen LogP contribution in [0, 0.1) is 17.6 Å². The predicted octanol–water partition coefficient (Wildman–Crippen LogP) is 4.25. The molecule has 6 heteroatoms. The van der Waals surface area contributed by atoms with E-state index in [-0.39, 0.29) is 23.4 Å². The Kier molecular flexibility index (Phi) is 6.62. The first kappa shape index (κ1) is 21.0. The summed E-state index contributed by atoms with van der Waals surface area (Å²) in [6, 6.07) is 12.9. The lowest BCUT2D eigenvalue weighted by Gasteiger charge is -2.36. The fourth-order valence-electron chi connectivity index (χ4n) is 3.69. The van der Waals surface area contributed by atoms with E-state index >= 15 is 0 Å². The zero-order chi connectivity index (χ0) is 21.0. The van der Waals surface area contributed by atoms with Gasteiger partial charge < -0.3 is 9.80 Å². The van der Waals surface area contributed by atoms with Crippen molar-refractivity contribution in [3.05, 3.63) is 71.3 Å². The van der Waals surface area contributed by atoms with E-state index in [4.69, 9.17) is 0 Å². The quantitative estimate of drug-likeness (QED) is 0.753. The maximum Gasteiger partial charge on any atom is 0.256 e. The Morgan fingerprint density at radius 1 is 1.07 bits per heavy atom. The molecule has 1 heterocycles. The van der Waals surface area contributed by atoms with Gasteiger partial charge >= 0.3 is 0 Å². The minimum absolute atomic E-state index is 0.0654. The summed E-state index contributed by atoms with van der Waals surface area (Å²) in [5, 5.41) is 0. The Labute approximate surface area is 170 Å². The van der Waals surface area contributed by atoms with Crippen LogP contribution >= 0.6 is 0 Å². The zero-order valence-corrected chi connectivity index (χ0v) is 16.8. The number of halogens is 2. The molecule has 1 aliphatic heterocycles. The van der Waals surface area contributed by atoms with E-state index < -0.39 is 17.5 Å². The lowest BCUT2D eigenvalue weighted by molar-refractivity contribution is -0.139. The van der Waals surface area contributed by atoms with E-state index in [1.165, 1.54) is 11.0 Å². The molecule has 1 aliphatic rings. The van der Waals surface area contributed by atoms with Crippen LogP contribution in [0.5, 0.6) is 0 Å². The van der Waals surface area contributed by atoms with Gasteiger partial charge in [-0.05, 0) is 44.4 Å². The number of hydrogen-bond acceptors (Lipinski definition) is 2. The van der Waals surface area contributed by atoms with Gasteiger partial charge in [-0.1, -0.05) is 30.3 Å². The molecule has 4 nitrogen and oxygen atoms in total. The van der Waals surface area contributed by atoms with Crippen molar-refractivity contribution in [2.75, 3.05) is 13.1 Å². The number of benzene rings is 2. The number of likely N-dealkylation sites (tertiary alicyclic amines) is 1. The number of hydrogen-bond donors (Lipinski definition) is 0. The van der Waals surface area contributed by atoms with Crippen LogP contribution in [0.2, 0.25) is 0 Å². The molecule has 0 unspecified atom stereocenters. The number of piperidine rings is 1. The van der Waals surface area contributed by atoms with Crippen LogP contribution in [0.15, 0.2) is 48.5 Å². The first-order chi connectivity index (χ1) is 13.9. The maximum atomic E-state index is 13.9. The van der Waals surface area contributed by atoms with E-state index in [1.807, 2.05) is 49.1 Å². The molecule has 3 rings (SSSR count). The van der Waals surface area contributed by atoms with Gasteiger partial charge in [0, 0.05) is 37.7 Å². The smallest absolute Gasteiger partial charge is 0.256 e. The van der Waals surface area contributed by atoms with Crippen LogP contribution < -0.4 is 0 Å². The summed E-state index contributed by atoms with van der Waals surface area (Å²) in [7, 11) is 0. The molecule has 29 heavy (non-hydrogen) atoms. The molecule has 0 N–H and O–H groups in total. The van der Waals surface area contributed by atoms with Crippen molar-refractivity contribution < 1.29 is 18.4 Å². The summed E-state index contributed by atoms with van der Waals surface area (Å²) in [6.07, 6.45) is 1.07. The molecule has 0 saturated carbocycles. The van der Waals surface area contributed by atoms with E-state index in [2.05, 4.69) is 0 Å². The number of nitrogens with zero attached hydrogens (tertiary/aromatic N) is 2. The number of amides is 2. The summed E-state index contributed by atoms with van der Waals surface area (Å²) in [5.74, 6) is -2.11. The van der Waals surface area contributed by atoms with Gasteiger partial charge in [0.1, 0.15) is 11.6 Å². The lowest BCUT2D eigenvalue weighted by atomic mass is 9.94. The molecular formula is C23H26F2N2O2. The molecule has 0 radical (unpaired) electrons. The molecule has 2 aromatic carbocycles. The third kappa shape index (κ3) is 5.00. The number of carbonyl (C=O) groups is 2. The second kappa shape index (κ2) is 9.16. The summed E-state index contributed by atoms with van der Waals surface area (Å²) < 4.78 is 27.0. The van der Waals surface area contributed by atoms with Gasteiger partial charge in [0.05, 0.1) is 5.56 Å². The van der Waals surface area contributed by atoms with E-state index in [0.717, 1.165) is 11.6 Å². The van der Waals surface area contributed by atoms with Gasteiger partial charge in [0.2, 0.25) is 5.91 Å². The Balaban J connectivity index is 1.62. The molecule has 1 fully saturated rings. The summed E-state index contributed by atoms with van der Waals surface area (Å²) in [6.45, 7) is 5.30. The van der Waals surface area contributed by atoms with Crippen molar-refractivity contribution in [2.45, 2.75) is 39.3 Å². The highest BCUT2D eigenvalue weighted by Gasteiger charge is 2.32. The van der Waals surface area contributed by atoms with E-state index in [0.29, 0.717) is 38.5 Å². The Morgan fingerprint density at radius 2 is 1.72 bits per heavy atom. The van der Waals surface area contributed by atoms with Crippen LogP contribution in [0.4, 0.5) is 8.78 Å². The SMILES string of the molecule is CC(C)N(Cc1ccccc1)C(=O)C1CCN(C(=O)c2ccc(F)cc2F)CC1. The summed E-state index contributed by atoms with van der Waals surface area (Å²) in [5.41, 5.74) is 0.943. The van der Waals surface area contributed by atoms with Gasteiger partial charge in [-0.2, -0.15) is 0 Å². The highest BCUT2D eigenvalue weighted by molar-refractivity contribution is 5.94. The highest BCUT2D eigenvalue weighted by atomic mass is 19.1. The van der Waals surface area contributed by atoms with Crippen LogP contribution in [-0.2, 0) is 11.3 Å². The van der Waals surface area contributed by atoms with Crippen LogP contribution in [0.25, 0.3) is 0 Å². The molecule has 1 saturated heterocycles. The second-order valence-corrected chi connectivity index (χ2v) is 7.74. The Hall–Kier alpha value is -2.76. The maximum absolute atomic E-state index is 13.9. The van der Waals surface area contributed by atoms with Crippen molar-refractivity contribution in [3.63, 3.8) is 0 Å². The van der Waals surface area contributed by atoms with Gasteiger partial charge in [-0.3, -0.25) is 9.59 Å². The third-order valence-electron chi connectivity index (χ3n) is 5.40. The molecule has 0 atom stereocenters. The lowest BCUT2D eigenvalue weighted by Crippen LogP contribution is -2.46. The average Bonchev–Trinajstić information content (AvgIpc) is 2.72. The standard InChI is InChI=1S/C23H26F2N2O2/c1-16(2)27(15-17-6-4-3-5-7-17)22(28)18-10-12-26(13-11-18)23(29)20-9-8-19(24)14-21(20)25/h3-9,14,16,18H,10-13,15H2,1-2H3. The highest BCUT2D eigenvalue weighted by Crippen LogP contribution is 2.24. The van der Waals surface area contributed by atoms with E-state index in [1.54, 1.807) is 0 Å². The van der Waals surface area contributed by atoms with Crippen molar-refractivity contribution in [2.24, 2.45) is 5.92 Å². The average molecular weight is 400 g/mol. The first-order valence-electron chi connectivity index (χ1n) is 9.95. The predicted molar refractivity (Wildman–Crippen MR) is 107 cm³/mol. The molecule has 0 bridgehead atoms. The van der Waals surface area contributed by atoms with Crippen LogP contribution in [-0.4, -0.2) is 40.7 Å². The molecule has 0 spiro atoms. The fourth-order valence-corrected chi connectivity index (χ4v) is 3.69. The molecule has 0 aromatic heterocycles. The number of rotatable bonds is 5.